The lowest BCUT2D eigenvalue weighted by atomic mass is 10.1. The monoisotopic (exact) mass is 438 g/mol. The Morgan fingerprint density at radius 2 is 1.68 bits per heavy atom. The first-order chi connectivity index (χ1) is 14.7. The Balaban J connectivity index is 1.63. The van der Waals surface area contributed by atoms with Crippen LogP contribution in [-0.2, 0) is 10.0 Å². The van der Waals surface area contributed by atoms with E-state index in [1.807, 2.05) is 39.0 Å². The number of carbonyl (C=O) groups excluding carboxylic acids is 1. The number of hydrogen-bond donors (Lipinski definition) is 2. The molecule has 0 unspecified atom stereocenters. The second kappa shape index (κ2) is 9.66. The molecule has 0 saturated carbocycles. The largest absolute Gasteiger partial charge is 0.491 e. The SMILES string of the molecule is Cc1ccc(OC[C@@H](C)NC(=O)c2cccc(S(=O)(=O)Nc3ccccc3)c2)cc1C. The normalized spacial score (nSPS) is 12.1. The molecule has 1 atom stereocenters. The lowest BCUT2D eigenvalue weighted by Gasteiger charge is -2.16. The number of aryl methyl sites for hydroxylation is 2. The molecule has 0 aliphatic rings. The summed E-state index contributed by atoms with van der Waals surface area (Å²) in [6, 6.07) is 20.1. The van der Waals surface area contributed by atoms with Gasteiger partial charge in [-0.1, -0.05) is 30.3 Å². The fourth-order valence-corrected chi connectivity index (χ4v) is 4.00. The van der Waals surface area contributed by atoms with Gasteiger partial charge in [0.1, 0.15) is 12.4 Å². The third-order valence-electron chi connectivity index (χ3n) is 4.79. The number of benzene rings is 3. The van der Waals surface area contributed by atoms with E-state index >= 15 is 0 Å². The minimum Gasteiger partial charge on any atom is -0.491 e. The maximum absolute atomic E-state index is 12.6. The average Bonchev–Trinajstić information content (AvgIpc) is 2.75. The highest BCUT2D eigenvalue weighted by atomic mass is 32.2. The molecule has 2 N–H and O–H groups in total. The second-order valence-electron chi connectivity index (χ2n) is 7.43. The summed E-state index contributed by atoms with van der Waals surface area (Å²) in [6.07, 6.45) is 0. The highest BCUT2D eigenvalue weighted by Gasteiger charge is 2.17. The number of rotatable bonds is 8. The number of para-hydroxylation sites is 1. The van der Waals surface area contributed by atoms with Crippen molar-refractivity contribution in [1.82, 2.24) is 5.32 Å². The first-order valence-electron chi connectivity index (χ1n) is 9.93. The van der Waals surface area contributed by atoms with Gasteiger partial charge in [-0.25, -0.2) is 8.42 Å². The summed E-state index contributed by atoms with van der Waals surface area (Å²) in [5.74, 6) is 0.372. The standard InChI is InChI=1S/C24H26N2O4S/c1-17-12-13-22(14-18(17)2)30-16-19(3)25-24(27)20-8-7-11-23(15-20)31(28,29)26-21-9-5-4-6-10-21/h4-15,19,26H,16H2,1-3H3,(H,25,27)/t19-/m1/s1. The summed E-state index contributed by atoms with van der Waals surface area (Å²) in [5.41, 5.74) is 3.03. The number of hydrogen-bond acceptors (Lipinski definition) is 4. The maximum Gasteiger partial charge on any atom is 0.261 e. The first-order valence-corrected chi connectivity index (χ1v) is 11.4. The number of carbonyl (C=O) groups is 1. The van der Waals surface area contributed by atoms with Crippen LogP contribution in [0.3, 0.4) is 0 Å². The molecule has 0 spiro atoms. The number of amides is 1. The van der Waals surface area contributed by atoms with E-state index in [4.69, 9.17) is 4.74 Å². The molecule has 0 bridgehead atoms. The summed E-state index contributed by atoms with van der Waals surface area (Å²) >= 11 is 0. The van der Waals surface area contributed by atoms with Crippen LogP contribution in [0.5, 0.6) is 5.75 Å². The van der Waals surface area contributed by atoms with E-state index in [2.05, 4.69) is 10.0 Å². The minimum absolute atomic E-state index is 0.0167. The van der Waals surface area contributed by atoms with Gasteiger partial charge in [0.25, 0.3) is 15.9 Å². The average molecular weight is 439 g/mol. The molecule has 3 aromatic carbocycles. The molecule has 0 aromatic heterocycles. The van der Waals surface area contributed by atoms with Crippen LogP contribution < -0.4 is 14.8 Å². The van der Waals surface area contributed by atoms with Crippen LogP contribution in [0.15, 0.2) is 77.7 Å². The molecule has 7 heteroatoms. The van der Waals surface area contributed by atoms with Gasteiger partial charge in [-0.2, -0.15) is 0 Å². The number of ether oxygens (including phenoxy) is 1. The van der Waals surface area contributed by atoms with Gasteiger partial charge in [0.05, 0.1) is 10.9 Å². The fourth-order valence-electron chi connectivity index (χ4n) is 2.90. The van der Waals surface area contributed by atoms with Crippen molar-refractivity contribution in [1.29, 1.82) is 0 Å². The molecule has 3 rings (SSSR count). The van der Waals surface area contributed by atoms with Crippen molar-refractivity contribution >= 4 is 21.6 Å². The van der Waals surface area contributed by atoms with Gasteiger partial charge in [-0.3, -0.25) is 9.52 Å². The van der Waals surface area contributed by atoms with Gasteiger partial charge in [-0.15, -0.1) is 0 Å². The Labute approximate surface area is 183 Å². The van der Waals surface area contributed by atoms with Gasteiger partial charge >= 0.3 is 0 Å². The topological polar surface area (TPSA) is 84.5 Å². The Kier molecular flexibility index (Phi) is 6.97. The zero-order valence-electron chi connectivity index (χ0n) is 17.8. The van der Waals surface area contributed by atoms with Crippen molar-refractivity contribution < 1.29 is 17.9 Å². The molecule has 0 saturated heterocycles. The van der Waals surface area contributed by atoms with Crippen LogP contribution in [0, 0.1) is 13.8 Å². The van der Waals surface area contributed by atoms with E-state index in [1.165, 1.54) is 17.7 Å². The highest BCUT2D eigenvalue weighted by molar-refractivity contribution is 7.92. The van der Waals surface area contributed by atoms with E-state index in [-0.39, 0.29) is 22.4 Å². The van der Waals surface area contributed by atoms with Crippen molar-refractivity contribution in [3.05, 3.63) is 89.5 Å². The summed E-state index contributed by atoms with van der Waals surface area (Å²) in [7, 11) is -3.81. The maximum atomic E-state index is 12.6. The smallest absolute Gasteiger partial charge is 0.261 e. The summed E-state index contributed by atoms with van der Waals surface area (Å²) in [5, 5.41) is 2.84. The molecule has 162 valence electrons. The van der Waals surface area contributed by atoms with Crippen LogP contribution in [0.25, 0.3) is 0 Å². The van der Waals surface area contributed by atoms with Gasteiger partial charge in [0, 0.05) is 11.3 Å². The lowest BCUT2D eigenvalue weighted by Crippen LogP contribution is -2.36. The molecular formula is C24H26N2O4S. The van der Waals surface area contributed by atoms with Crippen LogP contribution in [0.1, 0.15) is 28.4 Å². The molecule has 0 radical (unpaired) electrons. The molecule has 0 aliphatic heterocycles. The Morgan fingerprint density at radius 1 is 0.935 bits per heavy atom. The Hall–Kier alpha value is -3.32. The van der Waals surface area contributed by atoms with E-state index < -0.39 is 10.0 Å². The predicted molar refractivity (Wildman–Crippen MR) is 122 cm³/mol. The van der Waals surface area contributed by atoms with E-state index in [0.29, 0.717) is 12.3 Å². The third-order valence-corrected chi connectivity index (χ3v) is 6.17. The summed E-state index contributed by atoms with van der Waals surface area (Å²) in [4.78, 5) is 12.6. The second-order valence-corrected chi connectivity index (χ2v) is 9.11. The molecule has 0 fully saturated rings. The van der Waals surface area contributed by atoms with Crippen molar-refractivity contribution in [3.8, 4) is 5.75 Å². The lowest BCUT2D eigenvalue weighted by molar-refractivity contribution is 0.0926. The summed E-state index contributed by atoms with van der Waals surface area (Å²) < 4.78 is 33.6. The van der Waals surface area contributed by atoms with Gasteiger partial charge < -0.3 is 10.1 Å². The van der Waals surface area contributed by atoms with Crippen LogP contribution in [0.4, 0.5) is 5.69 Å². The van der Waals surface area contributed by atoms with E-state index in [9.17, 15) is 13.2 Å². The molecular weight excluding hydrogens is 412 g/mol. The Morgan fingerprint density at radius 3 is 2.39 bits per heavy atom. The molecule has 1 amide bonds. The van der Waals surface area contributed by atoms with E-state index in [1.54, 1.807) is 42.5 Å². The molecule has 6 nitrogen and oxygen atoms in total. The quantitative estimate of drug-likeness (QED) is 0.549. The number of nitrogens with one attached hydrogen (secondary N) is 2. The van der Waals surface area contributed by atoms with Crippen LogP contribution >= 0.6 is 0 Å². The van der Waals surface area contributed by atoms with Gasteiger partial charge in [-0.05, 0) is 74.4 Å². The number of anilines is 1. The van der Waals surface area contributed by atoms with Crippen LogP contribution in [-0.4, -0.2) is 27.0 Å². The minimum atomic E-state index is -3.81. The molecule has 0 aliphatic carbocycles. The molecule has 3 aromatic rings. The van der Waals surface area contributed by atoms with Crippen molar-refractivity contribution in [3.63, 3.8) is 0 Å². The van der Waals surface area contributed by atoms with Crippen molar-refractivity contribution in [2.75, 3.05) is 11.3 Å². The predicted octanol–water partition coefficient (Wildman–Crippen LogP) is 4.30. The molecule has 31 heavy (non-hydrogen) atoms. The van der Waals surface area contributed by atoms with E-state index in [0.717, 1.165) is 11.3 Å². The number of sulfonamides is 1. The Bertz CT molecular complexity index is 1160. The zero-order valence-corrected chi connectivity index (χ0v) is 18.6. The van der Waals surface area contributed by atoms with Crippen LogP contribution in [0.2, 0.25) is 0 Å². The van der Waals surface area contributed by atoms with Gasteiger partial charge in [0.2, 0.25) is 0 Å². The fraction of sp³-hybridized carbons (Fsp3) is 0.208. The molecule has 0 heterocycles. The summed E-state index contributed by atoms with van der Waals surface area (Å²) in [6.45, 7) is 6.17. The van der Waals surface area contributed by atoms with Crippen molar-refractivity contribution in [2.45, 2.75) is 31.7 Å². The third kappa shape index (κ3) is 6.08. The van der Waals surface area contributed by atoms with Crippen molar-refractivity contribution in [2.24, 2.45) is 0 Å². The first kappa shape index (κ1) is 22.4. The van der Waals surface area contributed by atoms with Gasteiger partial charge in [0.15, 0.2) is 0 Å². The highest BCUT2D eigenvalue weighted by Crippen LogP contribution is 2.18. The zero-order chi connectivity index (χ0) is 22.4.